The van der Waals surface area contributed by atoms with Crippen molar-refractivity contribution in [1.29, 1.82) is 0 Å². The summed E-state index contributed by atoms with van der Waals surface area (Å²) in [5.74, 6) is 1.49. The van der Waals surface area contributed by atoms with Gasteiger partial charge < -0.3 is 0 Å². The summed E-state index contributed by atoms with van der Waals surface area (Å²) < 4.78 is 9.85. The van der Waals surface area contributed by atoms with Crippen molar-refractivity contribution in [3.63, 3.8) is 0 Å². The van der Waals surface area contributed by atoms with E-state index in [4.69, 9.17) is 8.75 Å². The van der Waals surface area contributed by atoms with Crippen LogP contribution >= 0.6 is 34.4 Å². The van der Waals surface area contributed by atoms with Gasteiger partial charge in [0.25, 0.3) is 0 Å². The molecule has 5 heteroatoms. The van der Waals surface area contributed by atoms with E-state index in [0.717, 1.165) is 23.4 Å². The number of unbranched alkanes of at least 4 members (excludes halogenated alkanes) is 1. The molecule has 0 saturated carbocycles. The Balaban J connectivity index is 1.21. The maximum absolute atomic E-state index is 4.93. The van der Waals surface area contributed by atoms with Crippen LogP contribution < -0.4 is 0 Å². The lowest BCUT2D eigenvalue weighted by molar-refractivity contribution is 0.449. The molecule has 0 aliphatic rings. The van der Waals surface area contributed by atoms with Crippen LogP contribution in [0, 0.1) is 11.8 Å². The molecule has 244 valence electrons. The Morgan fingerprint density at radius 2 is 1.06 bits per heavy atom. The van der Waals surface area contributed by atoms with Crippen molar-refractivity contribution in [3.8, 4) is 41.8 Å². The van der Waals surface area contributed by atoms with Crippen LogP contribution in [0.25, 0.3) is 63.6 Å². The first-order chi connectivity index (χ1) is 23.6. The maximum Gasteiger partial charge on any atom is 0.114 e. The molecular weight excluding hydrogens is 641 g/mol. The third kappa shape index (κ3) is 6.78. The molecule has 0 aliphatic carbocycles. The molecule has 0 fully saturated rings. The number of aromatic nitrogens is 2. The summed E-state index contributed by atoms with van der Waals surface area (Å²) in [4.78, 5) is 5.05. The minimum absolute atomic E-state index is 0.709. The molecule has 0 amide bonds. The lowest BCUT2D eigenvalue weighted by Gasteiger charge is -2.14. The van der Waals surface area contributed by atoms with Gasteiger partial charge in [-0.1, -0.05) is 133 Å². The second-order valence-electron chi connectivity index (χ2n) is 13.3. The van der Waals surface area contributed by atoms with E-state index in [0.29, 0.717) is 5.92 Å². The Morgan fingerprint density at radius 1 is 0.562 bits per heavy atom. The molecule has 48 heavy (non-hydrogen) atoms. The van der Waals surface area contributed by atoms with E-state index in [2.05, 4.69) is 125 Å². The second kappa shape index (κ2) is 14.9. The molecule has 3 aromatic heterocycles. The fourth-order valence-electron chi connectivity index (χ4n) is 6.88. The van der Waals surface area contributed by atoms with Crippen molar-refractivity contribution in [1.82, 2.24) is 8.75 Å². The van der Waals surface area contributed by atoms with Gasteiger partial charge in [-0.15, -0.1) is 22.7 Å². The Bertz CT molecular complexity index is 2110. The molecule has 7 aromatic rings. The summed E-state index contributed by atoms with van der Waals surface area (Å²) in [6, 6.07) is 36.4. The number of nitrogens with zero attached hydrogens (tertiary/aromatic N) is 2. The topological polar surface area (TPSA) is 25.8 Å². The molecule has 0 saturated heterocycles. The fourth-order valence-corrected chi connectivity index (χ4v) is 9.58. The van der Waals surface area contributed by atoms with Gasteiger partial charge in [-0.3, -0.25) is 0 Å². The maximum atomic E-state index is 4.93. The van der Waals surface area contributed by atoms with E-state index in [9.17, 15) is 0 Å². The first kappa shape index (κ1) is 32.9. The Kier molecular flexibility index (Phi) is 10.2. The number of benzene rings is 4. The number of fused-ring (bicyclic) bond motifs is 2. The zero-order valence-corrected chi connectivity index (χ0v) is 30.9. The standard InChI is InChI=1S/C43H44N2S3/c1-5-8-11-29(7-3)27-31-16-20-33(21-17-31)37-23-25-39(47-37)41-35-13-10-9-12-34(35)40(42-43(41)45-48-44-42)38-24-22-36(46-38)32-18-14-30(15-19-32)26-28(4)6-2/h9-10,12-25,28-29H,5-8,11,26-27H2,1-4H3. The molecule has 0 bridgehead atoms. The number of hydrogen-bond donors (Lipinski definition) is 0. The van der Waals surface area contributed by atoms with Crippen molar-refractivity contribution in [3.05, 3.63) is 108 Å². The Labute approximate surface area is 297 Å². The van der Waals surface area contributed by atoms with Crippen molar-refractivity contribution in [2.45, 2.75) is 72.6 Å². The SMILES string of the molecule is CCCCC(CC)Cc1ccc(-c2ccc(-c3c4ccccc4c(-c4ccc(-c5ccc(CC(C)CC)cc5)s4)c4nsnc34)s2)cc1. The van der Waals surface area contributed by atoms with Gasteiger partial charge in [-0.2, -0.15) is 8.75 Å². The van der Waals surface area contributed by atoms with Crippen LogP contribution in [0.4, 0.5) is 0 Å². The van der Waals surface area contributed by atoms with Crippen LogP contribution in [-0.2, 0) is 12.8 Å². The third-order valence-electron chi connectivity index (χ3n) is 9.96. The van der Waals surface area contributed by atoms with Gasteiger partial charge in [0.2, 0.25) is 0 Å². The fraction of sp³-hybridized carbons (Fsp3) is 0.302. The van der Waals surface area contributed by atoms with Crippen molar-refractivity contribution < 1.29 is 0 Å². The summed E-state index contributed by atoms with van der Waals surface area (Å²) in [6.07, 6.45) is 8.71. The molecule has 0 aliphatic heterocycles. The molecule has 2 unspecified atom stereocenters. The average Bonchev–Trinajstić information content (AvgIpc) is 3.92. The highest BCUT2D eigenvalue weighted by Crippen LogP contribution is 2.47. The van der Waals surface area contributed by atoms with Gasteiger partial charge in [0.05, 0.1) is 11.7 Å². The molecular formula is C43H44N2S3. The molecule has 2 atom stereocenters. The van der Waals surface area contributed by atoms with Gasteiger partial charge in [-0.25, -0.2) is 0 Å². The summed E-state index contributed by atoms with van der Waals surface area (Å²) in [5.41, 5.74) is 9.81. The van der Waals surface area contributed by atoms with Crippen LogP contribution in [0.1, 0.15) is 70.9 Å². The summed E-state index contributed by atoms with van der Waals surface area (Å²) in [7, 11) is 0. The predicted octanol–water partition coefficient (Wildman–Crippen LogP) is 14.0. The highest BCUT2D eigenvalue weighted by molar-refractivity contribution is 7.19. The van der Waals surface area contributed by atoms with E-state index in [-0.39, 0.29) is 0 Å². The van der Waals surface area contributed by atoms with Crippen LogP contribution in [-0.4, -0.2) is 8.75 Å². The van der Waals surface area contributed by atoms with Crippen molar-refractivity contribution in [2.75, 3.05) is 0 Å². The van der Waals surface area contributed by atoms with E-state index in [1.54, 1.807) is 0 Å². The largest absolute Gasteiger partial charge is 0.172 e. The smallest absolute Gasteiger partial charge is 0.114 e. The van der Waals surface area contributed by atoms with Gasteiger partial charge >= 0.3 is 0 Å². The number of hydrogen-bond acceptors (Lipinski definition) is 5. The molecule has 0 N–H and O–H groups in total. The van der Waals surface area contributed by atoms with Crippen LogP contribution in [0.2, 0.25) is 0 Å². The molecule has 3 heterocycles. The lowest BCUT2D eigenvalue weighted by atomic mass is 9.91. The van der Waals surface area contributed by atoms with E-state index in [1.807, 2.05) is 22.7 Å². The zero-order valence-electron chi connectivity index (χ0n) is 28.5. The van der Waals surface area contributed by atoms with Gasteiger partial charge in [0.15, 0.2) is 0 Å². The van der Waals surface area contributed by atoms with Crippen LogP contribution in [0.3, 0.4) is 0 Å². The monoisotopic (exact) mass is 684 g/mol. The highest BCUT2D eigenvalue weighted by atomic mass is 32.1. The molecule has 7 rings (SSSR count). The first-order valence-corrected chi connectivity index (χ1v) is 20.0. The Morgan fingerprint density at radius 3 is 1.54 bits per heavy atom. The zero-order chi connectivity index (χ0) is 33.0. The third-order valence-corrected chi connectivity index (χ3v) is 12.8. The quantitative estimate of drug-likeness (QED) is 0.121. The first-order valence-electron chi connectivity index (χ1n) is 17.6. The van der Waals surface area contributed by atoms with E-state index < -0.39 is 0 Å². The molecule has 4 aromatic carbocycles. The summed E-state index contributed by atoms with van der Waals surface area (Å²) >= 11 is 5.02. The average molecular weight is 685 g/mol. The number of thiophene rings is 2. The van der Waals surface area contributed by atoms with Gasteiger partial charge in [-0.05, 0) is 82.0 Å². The molecule has 0 radical (unpaired) electrons. The molecule has 2 nitrogen and oxygen atoms in total. The van der Waals surface area contributed by atoms with Crippen molar-refractivity contribution >= 4 is 56.2 Å². The van der Waals surface area contributed by atoms with Crippen LogP contribution in [0.5, 0.6) is 0 Å². The van der Waals surface area contributed by atoms with Crippen molar-refractivity contribution in [2.24, 2.45) is 11.8 Å². The van der Waals surface area contributed by atoms with E-state index in [1.165, 1.54) is 114 Å². The Hall–Kier alpha value is -3.64. The minimum Gasteiger partial charge on any atom is -0.172 e. The van der Waals surface area contributed by atoms with Gasteiger partial charge in [0.1, 0.15) is 11.0 Å². The van der Waals surface area contributed by atoms with E-state index >= 15 is 0 Å². The minimum atomic E-state index is 0.709. The number of rotatable bonds is 13. The highest BCUT2D eigenvalue weighted by Gasteiger charge is 2.22. The summed E-state index contributed by atoms with van der Waals surface area (Å²) in [6.45, 7) is 9.22. The van der Waals surface area contributed by atoms with Gasteiger partial charge in [0, 0.05) is 30.6 Å². The summed E-state index contributed by atoms with van der Waals surface area (Å²) in [5, 5.41) is 2.47. The lowest BCUT2D eigenvalue weighted by Crippen LogP contribution is -2.03. The predicted molar refractivity (Wildman–Crippen MR) is 213 cm³/mol. The molecule has 0 spiro atoms. The van der Waals surface area contributed by atoms with Crippen LogP contribution in [0.15, 0.2) is 97.1 Å². The second-order valence-corrected chi connectivity index (χ2v) is 16.0. The normalized spacial score (nSPS) is 13.0.